The van der Waals surface area contributed by atoms with Crippen molar-refractivity contribution in [2.24, 2.45) is 7.05 Å². The lowest BCUT2D eigenvalue weighted by atomic mass is 10.1. The van der Waals surface area contributed by atoms with Crippen LogP contribution in [0.3, 0.4) is 0 Å². The van der Waals surface area contributed by atoms with E-state index in [1.54, 1.807) is 40.8 Å². The Balaban J connectivity index is 1.32. The molecule has 1 saturated heterocycles. The van der Waals surface area contributed by atoms with Crippen molar-refractivity contribution in [1.29, 1.82) is 0 Å². The zero-order valence-electron chi connectivity index (χ0n) is 20.5. The third kappa shape index (κ3) is 4.95. The van der Waals surface area contributed by atoms with E-state index in [2.05, 4.69) is 25.4 Å². The quantitative estimate of drug-likeness (QED) is 0.307. The number of benzene rings is 1. The minimum Gasteiger partial charge on any atom is -0.450 e. The van der Waals surface area contributed by atoms with Crippen LogP contribution in [0.4, 0.5) is 24.8 Å². The number of rotatable bonds is 6. The molecule has 202 valence electrons. The number of nitrogens with zero attached hydrogens (tertiary/aromatic N) is 7. The van der Waals surface area contributed by atoms with E-state index in [-0.39, 0.29) is 34.6 Å². The third-order valence-electron chi connectivity index (χ3n) is 6.54. The predicted octanol–water partition coefficient (Wildman–Crippen LogP) is 4.79. The first-order chi connectivity index (χ1) is 18.7. The number of ether oxygens (including phenoxy) is 1. The third-order valence-corrected chi connectivity index (χ3v) is 6.91. The van der Waals surface area contributed by atoms with E-state index in [0.717, 1.165) is 12.1 Å². The Morgan fingerprint density at radius 2 is 2.03 bits per heavy atom. The van der Waals surface area contributed by atoms with Crippen LogP contribution >= 0.6 is 11.6 Å². The maximum absolute atomic E-state index is 13.7. The van der Waals surface area contributed by atoms with E-state index < -0.39 is 17.8 Å². The van der Waals surface area contributed by atoms with Crippen LogP contribution in [-0.4, -0.2) is 58.3 Å². The Bertz CT molecular complexity index is 1690. The average Bonchev–Trinajstić information content (AvgIpc) is 3.58. The first-order valence-corrected chi connectivity index (χ1v) is 12.4. The van der Waals surface area contributed by atoms with Crippen molar-refractivity contribution in [3.8, 4) is 11.5 Å². The number of hydrogen-bond acceptors (Lipinski definition) is 8. The Kier molecular flexibility index (Phi) is 6.28. The van der Waals surface area contributed by atoms with E-state index >= 15 is 0 Å². The number of pyridine rings is 1. The van der Waals surface area contributed by atoms with Crippen LogP contribution in [0, 0.1) is 0 Å². The number of aryl methyl sites for hydroxylation is 1. The van der Waals surface area contributed by atoms with Gasteiger partial charge in [-0.1, -0.05) is 11.6 Å². The van der Waals surface area contributed by atoms with E-state index in [9.17, 15) is 18.3 Å². The van der Waals surface area contributed by atoms with Gasteiger partial charge in [0.25, 0.3) is 0 Å². The number of alkyl halides is 3. The van der Waals surface area contributed by atoms with Gasteiger partial charge in [0, 0.05) is 44.8 Å². The molecule has 1 atom stereocenters. The molecule has 0 spiro atoms. The second-order valence-corrected chi connectivity index (χ2v) is 9.72. The van der Waals surface area contributed by atoms with Crippen LogP contribution in [0.1, 0.15) is 17.5 Å². The van der Waals surface area contributed by atoms with E-state index in [1.807, 2.05) is 4.90 Å². The molecular weight excluding hydrogens is 537 g/mol. The SMILES string of the molecule is Cn1c(Nc2cc(CN3CC[C@H](O)C3)cc(C(F)(F)F)c2)nc2ncc(Oc3cnn4ccncc34)c(Cl)c21. The van der Waals surface area contributed by atoms with E-state index in [4.69, 9.17) is 16.3 Å². The van der Waals surface area contributed by atoms with Crippen molar-refractivity contribution in [2.45, 2.75) is 25.2 Å². The van der Waals surface area contributed by atoms with Crippen molar-refractivity contribution < 1.29 is 23.0 Å². The topological polar surface area (TPSA) is 106 Å². The number of aliphatic hydroxyl groups is 1. The smallest absolute Gasteiger partial charge is 0.416 e. The molecule has 5 heterocycles. The van der Waals surface area contributed by atoms with Gasteiger partial charge < -0.3 is 19.7 Å². The molecule has 1 aromatic carbocycles. The Labute approximate surface area is 224 Å². The highest BCUT2D eigenvalue weighted by Crippen LogP contribution is 2.37. The maximum Gasteiger partial charge on any atom is 0.416 e. The molecule has 0 aliphatic carbocycles. The highest BCUT2D eigenvalue weighted by atomic mass is 35.5. The summed E-state index contributed by atoms with van der Waals surface area (Å²) in [5.41, 5.74) is 1.25. The number of nitrogens with one attached hydrogen (secondary N) is 1. The molecule has 0 saturated carbocycles. The number of β-amino-alcohol motifs (C(OH)–C–C–N with tert-alkyl or cyclic N) is 1. The summed E-state index contributed by atoms with van der Waals surface area (Å²) in [5.74, 6) is 0.930. The van der Waals surface area contributed by atoms with Crippen molar-refractivity contribution >= 4 is 39.9 Å². The molecule has 1 aliphatic heterocycles. The monoisotopic (exact) mass is 558 g/mol. The molecule has 0 amide bonds. The molecule has 6 rings (SSSR count). The van der Waals surface area contributed by atoms with Gasteiger partial charge in [0.05, 0.1) is 30.3 Å². The molecule has 1 aliphatic rings. The minimum absolute atomic E-state index is 0.212. The maximum atomic E-state index is 13.7. The van der Waals surface area contributed by atoms with Gasteiger partial charge in [-0.25, -0.2) is 9.50 Å². The lowest BCUT2D eigenvalue weighted by Gasteiger charge is -2.18. The first-order valence-electron chi connectivity index (χ1n) is 12.0. The summed E-state index contributed by atoms with van der Waals surface area (Å²) >= 11 is 6.68. The Hall–Kier alpha value is -3.94. The van der Waals surface area contributed by atoms with E-state index in [0.29, 0.717) is 41.9 Å². The second-order valence-electron chi connectivity index (χ2n) is 9.34. The zero-order valence-corrected chi connectivity index (χ0v) is 21.3. The van der Waals surface area contributed by atoms with Crippen LogP contribution < -0.4 is 10.1 Å². The van der Waals surface area contributed by atoms with Gasteiger partial charge >= 0.3 is 6.18 Å². The molecule has 4 aromatic heterocycles. The van der Waals surface area contributed by atoms with Crippen LogP contribution in [0.15, 0.2) is 49.2 Å². The summed E-state index contributed by atoms with van der Waals surface area (Å²) in [4.78, 5) is 14.8. The van der Waals surface area contributed by atoms with Crippen molar-refractivity contribution in [2.75, 3.05) is 18.4 Å². The van der Waals surface area contributed by atoms with Crippen molar-refractivity contribution in [1.82, 2.24) is 34.0 Å². The lowest BCUT2D eigenvalue weighted by Crippen LogP contribution is -2.22. The number of fused-ring (bicyclic) bond motifs is 2. The molecule has 14 heteroatoms. The summed E-state index contributed by atoms with van der Waals surface area (Å²) < 4.78 is 50.3. The summed E-state index contributed by atoms with van der Waals surface area (Å²) in [7, 11) is 1.67. The molecular formula is C25H22ClF3N8O2. The molecule has 0 unspecified atom stereocenters. The molecule has 0 bridgehead atoms. The van der Waals surface area contributed by atoms with Gasteiger partial charge in [-0.2, -0.15) is 23.3 Å². The highest BCUT2D eigenvalue weighted by molar-refractivity contribution is 6.36. The van der Waals surface area contributed by atoms with Crippen LogP contribution in [0.25, 0.3) is 16.7 Å². The van der Waals surface area contributed by atoms with Gasteiger partial charge in [-0.05, 0) is 30.2 Å². The molecule has 0 radical (unpaired) electrons. The van der Waals surface area contributed by atoms with Gasteiger partial charge in [-0.15, -0.1) is 0 Å². The summed E-state index contributed by atoms with van der Waals surface area (Å²) in [6.45, 7) is 1.32. The number of likely N-dealkylation sites (tertiary alicyclic amines) is 1. The predicted molar refractivity (Wildman–Crippen MR) is 137 cm³/mol. The van der Waals surface area contributed by atoms with Gasteiger partial charge in [0.15, 0.2) is 17.1 Å². The minimum atomic E-state index is -4.53. The second kappa shape index (κ2) is 9.67. The van der Waals surface area contributed by atoms with Crippen LogP contribution in [0.2, 0.25) is 5.02 Å². The number of imidazole rings is 1. The molecule has 2 N–H and O–H groups in total. The van der Waals surface area contributed by atoms with Gasteiger partial charge in [-0.3, -0.25) is 9.88 Å². The summed E-state index contributed by atoms with van der Waals surface area (Å²) in [6.07, 6.45) is 3.42. The molecule has 39 heavy (non-hydrogen) atoms. The standard InChI is InChI=1S/C25H22ClF3N8O2/c1-35-22-21(26)20(39-19-11-32-37-5-3-30-9-18(19)37)10-31-23(22)34-24(35)33-16-7-14(6-15(8-16)25(27,28)29)12-36-4-2-17(38)13-36/h3,5-11,17,38H,2,4,12-13H2,1H3,(H,31,33,34)/t17-/m0/s1. The van der Waals surface area contributed by atoms with Crippen molar-refractivity contribution in [3.05, 3.63) is 65.3 Å². The Morgan fingerprint density at radius 3 is 2.79 bits per heavy atom. The lowest BCUT2D eigenvalue weighted by molar-refractivity contribution is -0.137. The van der Waals surface area contributed by atoms with E-state index in [1.165, 1.54) is 12.4 Å². The number of anilines is 2. The Morgan fingerprint density at radius 1 is 1.18 bits per heavy atom. The molecule has 10 nitrogen and oxygen atoms in total. The number of hydrogen-bond donors (Lipinski definition) is 2. The highest BCUT2D eigenvalue weighted by Gasteiger charge is 2.32. The van der Waals surface area contributed by atoms with Crippen molar-refractivity contribution in [3.63, 3.8) is 0 Å². The number of aliphatic hydroxyl groups excluding tert-OH is 1. The van der Waals surface area contributed by atoms with Gasteiger partial charge in [0.2, 0.25) is 5.95 Å². The number of aromatic nitrogens is 6. The zero-order chi connectivity index (χ0) is 27.3. The number of halogens is 4. The van der Waals surface area contributed by atoms with Gasteiger partial charge in [0.1, 0.15) is 16.1 Å². The van der Waals surface area contributed by atoms with Crippen LogP contribution in [-0.2, 0) is 19.8 Å². The summed E-state index contributed by atoms with van der Waals surface area (Å²) in [6, 6.07) is 3.80. The fourth-order valence-electron chi connectivity index (χ4n) is 4.67. The molecule has 1 fully saturated rings. The fourth-order valence-corrected chi connectivity index (χ4v) is 4.97. The summed E-state index contributed by atoms with van der Waals surface area (Å²) in [5, 5.41) is 17.2. The van der Waals surface area contributed by atoms with Crippen LogP contribution in [0.5, 0.6) is 11.5 Å². The fraction of sp³-hybridized carbons (Fsp3) is 0.280. The molecule has 5 aromatic rings. The normalized spacial score (nSPS) is 16.4. The average molecular weight is 559 g/mol. The largest absolute Gasteiger partial charge is 0.450 e. The first kappa shape index (κ1) is 25.3.